The first-order chi connectivity index (χ1) is 15.7. The second-order valence-electron chi connectivity index (χ2n) is 7.50. The van der Waals surface area contributed by atoms with Gasteiger partial charge in [-0.2, -0.15) is 0 Å². The molecule has 1 aliphatic rings. The third kappa shape index (κ3) is 5.89. The zero-order chi connectivity index (χ0) is 24.1. The van der Waals surface area contributed by atoms with E-state index in [4.69, 9.17) is 21.1 Å². The van der Waals surface area contributed by atoms with Gasteiger partial charge in [0, 0.05) is 5.69 Å². The normalized spacial score (nSPS) is 15.7. The molecule has 1 unspecified atom stereocenters. The molecule has 1 heterocycles. The fraction of sp³-hybridized carbons (Fsp3) is 0.292. The van der Waals surface area contributed by atoms with Crippen LogP contribution in [0, 0.1) is 6.92 Å². The molecule has 33 heavy (non-hydrogen) atoms. The highest BCUT2D eigenvalue weighted by Crippen LogP contribution is 2.39. The van der Waals surface area contributed by atoms with E-state index in [1.165, 1.54) is 7.11 Å². The molecule has 0 aromatic heterocycles. The van der Waals surface area contributed by atoms with Gasteiger partial charge < -0.3 is 14.8 Å². The Balaban J connectivity index is 1.77. The molecule has 174 valence electrons. The number of ether oxygens (including phenoxy) is 2. The predicted octanol–water partition coefficient (Wildman–Crippen LogP) is 5.51. The van der Waals surface area contributed by atoms with Gasteiger partial charge in [0.2, 0.25) is 5.91 Å². The molecular formula is C24H25ClN2O5S. The van der Waals surface area contributed by atoms with E-state index >= 15 is 0 Å². The molecule has 0 spiro atoms. The fourth-order valence-corrected chi connectivity index (χ4v) is 4.16. The van der Waals surface area contributed by atoms with E-state index < -0.39 is 17.1 Å². The number of halogens is 1. The predicted molar refractivity (Wildman–Crippen MR) is 131 cm³/mol. The summed E-state index contributed by atoms with van der Waals surface area (Å²) < 4.78 is 11.2. The SMILES string of the molecule is CCC(C)Oc1c(Cl)cc(C=C2SC(=O)N(CC(=O)Nc3ccccc3C)C2=O)cc1OC. The van der Waals surface area contributed by atoms with Gasteiger partial charge in [-0.05, 0) is 67.4 Å². The molecule has 1 N–H and O–H groups in total. The topological polar surface area (TPSA) is 84.9 Å². The van der Waals surface area contributed by atoms with E-state index in [1.807, 2.05) is 32.9 Å². The van der Waals surface area contributed by atoms with E-state index in [9.17, 15) is 14.4 Å². The van der Waals surface area contributed by atoms with Crippen molar-refractivity contribution in [2.75, 3.05) is 19.0 Å². The zero-order valence-electron chi connectivity index (χ0n) is 18.8. The molecule has 1 saturated heterocycles. The number of para-hydroxylation sites is 1. The number of nitrogens with one attached hydrogen (secondary N) is 1. The fourth-order valence-electron chi connectivity index (χ4n) is 3.06. The van der Waals surface area contributed by atoms with E-state index in [0.29, 0.717) is 27.8 Å². The van der Waals surface area contributed by atoms with Gasteiger partial charge in [-0.15, -0.1) is 0 Å². The second kappa shape index (κ2) is 10.8. The smallest absolute Gasteiger partial charge is 0.294 e. The van der Waals surface area contributed by atoms with Gasteiger partial charge in [-0.25, -0.2) is 0 Å². The monoisotopic (exact) mass is 488 g/mol. The van der Waals surface area contributed by atoms with E-state index in [1.54, 1.807) is 30.3 Å². The lowest BCUT2D eigenvalue weighted by molar-refractivity contribution is -0.127. The first kappa shape index (κ1) is 24.7. The Labute approximate surface area is 202 Å². The molecule has 1 aliphatic heterocycles. The molecule has 0 bridgehead atoms. The summed E-state index contributed by atoms with van der Waals surface area (Å²) in [5, 5.41) is 2.55. The quantitative estimate of drug-likeness (QED) is 0.493. The van der Waals surface area contributed by atoms with Crippen molar-refractivity contribution in [3.05, 3.63) is 57.5 Å². The van der Waals surface area contributed by atoms with Crippen molar-refractivity contribution >= 4 is 52.2 Å². The third-order valence-electron chi connectivity index (χ3n) is 5.04. The summed E-state index contributed by atoms with van der Waals surface area (Å²) in [6.07, 6.45) is 2.29. The van der Waals surface area contributed by atoms with Crippen LogP contribution in [0.4, 0.5) is 10.5 Å². The summed E-state index contributed by atoms with van der Waals surface area (Å²) in [4.78, 5) is 38.8. The highest BCUT2D eigenvalue weighted by molar-refractivity contribution is 8.18. The number of carbonyl (C=O) groups excluding carboxylic acids is 3. The lowest BCUT2D eigenvalue weighted by Crippen LogP contribution is -2.36. The van der Waals surface area contributed by atoms with Crippen LogP contribution in [0.3, 0.4) is 0 Å². The second-order valence-corrected chi connectivity index (χ2v) is 8.90. The molecule has 2 aromatic carbocycles. The molecular weight excluding hydrogens is 464 g/mol. The Bertz CT molecular complexity index is 1120. The lowest BCUT2D eigenvalue weighted by Gasteiger charge is -2.17. The molecule has 0 aliphatic carbocycles. The lowest BCUT2D eigenvalue weighted by atomic mass is 10.1. The number of anilines is 1. The van der Waals surface area contributed by atoms with Gasteiger partial charge in [0.1, 0.15) is 6.54 Å². The highest BCUT2D eigenvalue weighted by Gasteiger charge is 2.36. The van der Waals surface area contributed by atoms with Gasteiger partial charge >= 0.3 is 0 Å². The molecule has 1 atom stereocenters. The number of amides is 3. The molecule has 3 rings (SSSR count). The van der Waals surface area contributed by atoms with Crippen molar-refractivity contribution in [1.82, 2.24) is 4.90 Å². The molecule has 9 heteroatoms. The minimum absolute atomic E-state index is 0.0513. The summed E-state index contributed by atoms with van der Waals surface area (Å²) in [6.45, 7) is 5.41. The van der Waals surface area contributed by atoms with Crippen molar-refractivity contribution < 1.29 is 23.9 Å². The van der Waals surface area contributed by atoms with Crippen LogP contribution in [-0.2, 0) is 9.59 Å². The van der Waals surface area contributed by atoms with Crippen LogP contribution in [0.15, 0.2) is 41.3 Å². The molecule has 0 saturated carbocycles. The first-order valence-corrected chi connectivity index (χ1v) is 11.6. The van der Waals surface area contributed by atoms with Crippen LogP contribution >= 0.6 is 23.4 Å². The molecule has 2 aromatic rings. The van der Waals surface area contributed by atoms with Gasteiger partial charge in [0.25, 0.3) is 11.1 Å². The summed E-state index contributed by atoms with van der Waals surface area (Å²) in [7, 11) is 1.50. The number of aryl methyl sites for hydroxylation is 1. The largest absolute Gasteiger partial charge is 0.493 e. The van der Waals surface area contributed by atoms with Crippen molar-refractivity contribution in [3.63, 3.8) is 0 Å². The first-order valence-electron chi connectivity index (χ1n) is 10.4. The zero-order valence-corrected chi connectivity index (χ0v) is 20.4. The van der Waals surface area contributed by atoms with Gasteiger partial charge in [0.05, 0.1) is 23.1 Å². The molecule has 3 amide bonds. The summed E-state index contributed by atoms with van der Waals surface area (Å²) in [5.41, 5.74) is 2.08. The summed E-state index contributed by atoms with van der Waals surface area (Å²) in [5.74, 6) is -0.151. The van der Waals surface area contributed by atoms with Crippen LogP contribution in [-0.4, -0.2) is 41.7 Å². The number of benzene rings is 2. The van der Waals surface area contributed by atoms with E-state index in [0.717, 1.165) is 28.6 Å². The summed E-state index contributed by atoms with van der Waals surface area (Å²) in [6, 6.07) is 10.6. The number of methoxy groups -OCH3 is 1. The Morgan fingerprint density at radius 2 is 2.00 bits per heavy atom. The number of hydrogen-bond acceptors (Lipinski definition) is 6. The van der Waals surface area contributed by atoms with Gasteiger partial charge in [-0.3, -0.25) is 19.3 Å². The summed E-state index contributed by atoms with van der Waals surface area (Å²) >= 11 is 7.17. The van der Waals surface area contributed by atoms with Crippen LogP contribution < -0.4 is 14.8 Å². The van der Waals surface area contributed by atoms with Crippen molar-refractivity contribution in [2.45, 2.75) is 33.3 Å². The van der Waals surface area contributed by atoms with E-state index in [-0.39, 0.29) is 17.6 Å². The number of thioether (sulfide) groups is 1. The Morgan fingerprint density at radius 1 is 1.27 bits per heavy atom. The van der Waals surface area contributed by atoms with Crippen molar-refractivity contribution in [1.29, 1.82) is 0 Å². The maximum atomic E-state index is 12.8. The van der Waals surface area contributed by atoms with Crippen LogP contribution in [0.2, 0.25) is 5.02 Å². The average Bonchev–Trinajstić information content (AvgIpc) is 3.04. The van der Waals surface area contributed by atoms with Gasteiger partial charge in [0.15, 0.2) is 11.5 Å². The third-order valence-corrected chi connectivity index (χ3v) is 6.23. The molecule has 0 radical (unpaired) electrons. The van der Waals surface area contributed by atoms with Crippen LogP contribution in [0.5, 0.6) is 11.5 Å². The minimum atomic E-state index is -0.542. The Hall–Kier alpha value is -2.97. The number of hydrogen-bond donors (Lipinski definition) is 1. The maximum absolute atomic E-state index is 12.8. The molecule has 1 fully saturated rings. The highest BCUT2D eigenvalue weighted by atomic mass is 35.5. The number of carbonyl (C=O) groups is 3. The maximum Gasteiger partial charge on any atom is 0.294 e. The van der Waals surface area contributed by atoms with Crippen molar-refractivity contribution in [2.24, 2.45) is 0 Å². The standard InChI is InChI=1S/C24H25ClN2O5S/c1-5-15(3)32-22-17(25)10-16(11-19(22)31-4)12-20-23(29)27(24(30)33-20)13-21(28)26-18-9-7-6-8-14(18)2/h6-12,15H,5,13H2,1-4H3,(H,26,28). The minimum Gasteiger partial charge on any atom is -0.493 e. The Morgan fingerprint density at radius 3 is 2.67 bits per heavy atom. The average molecular weight is 489 g/mol. The van der Waals surface area contributed by atoms with Crippen molar-refractivity contribution in [3.8, 4) is 11.5 Å². The molecule has 7 nitrogen and oxygen atoms in total. The Kier molecular flexibility index (Phi) is 8.05. The number of imide groups is 1. The van der Waals surface area contributed by atoms with Gasteiger partial charge in [-0.1, -0.05) is 36.7 Å². The number of nitrogens with zero attached hydrogens (tertiary/aromatic N) is 1. The number of rotatable bonds is 8. The van der Waals surface area contributed by atoms with E-state index in [2.05, 4.69) is 5.32 Å². The van der Waals surface area contributed by atoms with Crippen LogP contribution in [0.1, 0.15) is 31.4 Å². The van der Waals surface area contributed by atoms with Crippen LogP contribution in [0.25, 0.3) is 6.08 Å².